The molecule has 0 saturated heterocycles. The lowest BCUT2D eigenvalue weighted by Crippen LogP contribution is -2.51. The highest BCUT2D eigenvalue weighted by atomic mass is 16.5. The number of benzene rings is 1. The number of esters is 1. The van der Waals surface area contributed by atoms with Crippen LogP contribution >= 0.6 is 0 Å². The predicted molar refractivity (Wildman–Crippen MR) is 84.7 cm³/mol. The monoisotopic (exact) mass is 293 g/mol. The first-order valence-electron chi connectivity index (χ1n) is 7.42. The van der Waals surface area contributed by atoms with Gasteiger partial charge < -0.3 is 14.8 Å². The lowest BCUT2D eigenvalue weighted by molar-refractivity contribution is -0.151. The van der Waals surface area contributed by atoms with Gasteiger partial charge in [-0.2, -0.15) is 0 Å². The van der Waals surface area contributed by atoms with Crippen molar-refractivity contribution < 1.29 is 14.3 Å². The molecule has 0 aromatic heterocycles. The van der Waals surface area contributed by atoms with Gasteiger partial charge in [0.15, 0.2) is 0 Å². The van der Waals surface area contributed by atoms with Crippen LogP contribution in [0.3, 0.4) is 0 Å². The van der Waals surface area contributed by atoms with E-state index in [2.05, 4.69) is 18.3 Å². The number of carbonyl (C=O) groups is 1. The zero-order valence-corrected chi connectivity index (χ0v) is 13.9. The summed E-state index contributed by atoms with van der Waals surface area (Å²) in [6.45, 7) is 10.1. The zero-order valence-electron chi connectivity index (χ0n) is 13.9. The Hall–Kier alpha value is -1.55. The van der Waals surface area contributed by atoms with Crippen LogP contribution < -0.4 is 10.1 Å². The first-order chi connectivity index (χ1) is 9.82. The molecule has 1 rings (SSSR count). The molecule has 1 aromatic carbocycles. The van der Waals surface area contributed by atoms with Crippen molar-refractivity contribution in [2.45, 2.75) is 52.7 Å². The molecular weight excluding hydrogens is 266 g/mol. The van der Waals surface area contributed by atoms with Crippen molar-refractivity contribution >= 4 is 5.97 Å². The Morgan fingerprint density at radius 2 is 2.05 bits per heavy atom. The Morgan fingerprint density at radius 3 is 2.57 bits per heavy atom. The molecule has 0 aliphatic heterocycles. The Labute approximate surface area is 127 Å². The van der Waals surface area contributed by atoms with Gasteiger partial charge in [0.1, 0.15) is 11.3 Å². The van der Waals surface area contributed by atoms with Gasteiger partial charge in [0, 0.05) is 6.42 Å². The summed E-state index contributed by atoms with van der Waals surface area (Å²) in [5, 5.41) is 3.05. The van der Waals surface area contributed by atoms with Gasteiger partial charge in [-0.15, -0.1) is 0 Å². The molecule has 2 unspecified atom stereocenters. The molecular formula is C17H27NO3. The maximum atomic E-state index is 12.1. The van der Waals surface area contributed by atoms with Gasteiger partial charge in [-0.05, 0) is 53.3 Å². The molecule has 0 bridgehead atoms. The first kappa shape index (κ1) is 17.5. The van der Waals surface area contributed by atoms with E-state index in [1.807, 2.05) is 39.8 Å². The second kappa shape index (κ2) is 7.46. The number of hydrogen-bond donors (Lipinski definition) is 1. The van der Waals surface area contributed by atoms with Crippen LogP contribution in [-0.4, -0.2) is 31.3 Å². The summed E-state index contributed by atoms with van der Waals surface area (Å²) in [6.07, 6.45) is 0.434. The molecule has 0 saturated carbocycles. The quantitative estimate of drug-likeness (QED) is 0.785. The lowest BCUT2D eigenvalue weighted by atomic mass is 9.95. The Kier molecular flexibility index (Phi) is 6.21. The van der Waals surface area contributed by atoms with Gasteiger partial charge in [0.2, 0.25) is 0 Å². The number of aryl methyl sites for hydroxylation is 2. The van der Waals surface area contributed by atoms with E-state index in [-0.39, 0.29) is 12.1 Å². The van der Waals surface area contributed by atoms with Crippen molar-refractivity contribution in [2.75, 3.05) is 13.7 Å². The molecule has 4 nitrogen and oxygen atoms in total. The Morgan fingerprint density at radius 1 is 1.38 bits per heavy atom. The average Bonchev–Trinajstić information content (AvgIpc) is 2.42. The summed E-state index contributed by atoms with van der Waals surface area (Å²) in [4.78, 5) is 12.1. The maximum absolute atomic E-state index is 12.1. The molecule has 0 radical (unpaired) electrons. The van der Waals surface area contributed by atoms with Crippen molar-refractivity contribution in [3.63, 3.8) is 0 Å². The number of likely N-dealkylation sites (N-methyl/N-ethyl adjacent to an activating group) is 1. The van der Waals surface area contributed by atoms with E-state index in [1.54, 1.807) is 7.05 Å². The minimum atomic E-state index is -0.742. The summed E-state index contributed by atoms with van der Waals surface area (Å²) >= 11 is 0. The second-order valence-electron chi connectivity index (χ2n) is 5.70. The first-order valence-corrected chi connectivity index (χ1v) is 7.42. The number of rotatable bonds is 7. The van der Waals surface area contributed by atoms with Gasteiger partial charge in [-0.3, -0.25) is 4.79 Å². The summed E-state index contributed by atoms with van der Waals surface area (Å²) in [7, 11) is 1.76. The molecule has 4 heteroatoms. The van der Waals surface area contributed by atoms with Crippen LogP contribution in [-0.2, 0) is 9.53 Å². The van der Waals surface area contributed by atoms with E-state index in [1.165, 1.54) is 5.56 Å². The molecule has 0 aliphatic rings. The molecule has 0 fully saturated rings. The van der Waals surface area contributed by atoms with Gasteiger partial charge in [-0.1, -0.05) is 17.7 Å². The fourth-order valence-corrected chi connectivity index (χ4v) is 2.34. The van der Waals surface area contributed by atoms with E-state index >= 15 is 0 Å². The third-order valence-electron chi connectivity index (χ3n) is 3.63. The topological polar surface area (TPSA) is 47.6 Å². The highest BCUT2D eigenvalue weighted by Gasteiger charge is 2.35. The van der Waals surface area contributed by atoms with Crippen LogP contribution in [0, 0.1) is 13.8 Å². The molecule has 21 heavy (non-hydrogen) atoms. The average molecular weight is 293 g/mol. The van der Waals surface area contributed by atoms with E-state index < -0.39 is 5.54 Å². The molecule has 1 N–H and O–H groups in total. The molecule has 2 atom stereocenters. The standard InChI is InChI=1S/C17H27NO3/c1-7-20-16(19)17(5,18-6)11-14(4)21-15-9-8-12(2)10-13(15)3/h8-10,14,18H,7,11H2,1-6H3. The van der Waals surface area contributed by atoms with Crippen molar-refractivity contribution in [2.24, 2.45) is 0 Å². The number of hydrogen-bond acceptors (Lipinski definition) is 4. The highest BCUT2D eigenvalue weighted by molar-refractivity contribution is 5.80. The van der Waals surface area contributed by atoms with Crippen molar-refractivity contribution in [3.8, 4) is 5.75 Å². The number of nitrogens with one attached hydrogen (secondary N) is 1. The van der Waals surface area contributed by atoms with Crippen LogP contribution in [0.15, 0.2) is 18.2 Å². The summed E-state index contributed by atoms with van der Waals surface area (Å²) < 4.78 is 11.1. The summed E-state index contributed by atoms with van der Waals surface area (Å²) in [5.41, 5.74) is 1.57. The third kappa shape index (κ3) is 4.74. The molecule has 0 aliphatic carbocycles. The van der Waals surface area contributed by atoms with Crippen LogP contribution in [0.25, 0.3) is 0 Å². The number of carbonyl (C=O) groups excluding carboxylic acids is 1. The van der Waals surface area contributed by atoms with Crippen molar-refractivity contribution in [1.82, 2.24) is 5.32 Å². The van der Waals surface area contributed by atoms with E-state index in [0.717, 1.165) is 11.3 Å². The SMILES string of the molecule is CCOC(=O)C(C)(CC(C)Oc1ccc(C)cc1C)NC. The largest absolute Gasteiger partial charge is 0.490 e. The molecule has 118 valence electrons. The maximum Gasteiger partial charge on any atom is 0.326 e. The molecule has 0 spiro atoms. The summed E-state index contributed by atoms with van der Waals surface area (Å²) in [5.74, 6) is 0.610. The van der Waals surface area contributed by atoms with E-state index in [4.69, 9.17) is 9.47 Å². The fraction of sp³-hybridized carbons (Fsp3) is 0.588. The molecule has 0 amide bonds. The van der Waals surface area contributed by atoms with Crippen LogP contribution in [0.4, 0.5) is 0 Å². The minimum Gasteiger partial charge on any atom is -0.490 e. The van der Waals surface area contributed by atoms with Crippen molar-refractivity contribution in [3.05, 3.63) is 29.3 Å². The van der Waals surface area contributed by atoms with Gasteiger partial charge >= 0.3 is 5.97 Å². The van der Waals surface area contributed by atoms with Crippen LogP contribution in [0.1, 0.15) is 38.3 Å². The third-order valence-corrected chi connectivity index (χ3v) is 3.63. The minimum absolute atomic E-state index is 0.103. The smallest absolute Gasteiger partial charge is 0.326 e. The van der Waals surface area contributed by atoms with E-state index in [0.29, 0.717) is 13.0 Å². The number of ether oxygens (including phenoxy) is 2. The van der Waals surface area contributed by atoms with E-state index in [9.17, 15) is 4.79 Å². The Balaban J connectivity index is 2.74. The van der Waals surface area contributed by atoms with Crippen LogP contribution in [0.2, 0.25) is 0 Å². The highest BCUT2D eigenvalue weighted by Crippen LogP contribution is 2.23. The van der Waals surface area contributed by atoms with Gasteiger partial charge in [0.25, 0.3) is 0 Å². The summed E-state index contributed by atoms with van der Waals surface area (Å²) in [6, 6.07) is 6.09. The van der Waals surface area contributed by atoms with Gasteiger partial charge in [-0.25, -0.2) is 0 Å². The normalized spacial score (nSPS) is 15.1. The van der Waals surface area contributed by atoms with Crippen molar-refractivity contribution in [1.29, 1.82) is 0 Å². The van der Waals surface area contributed by atoms with Gasteiger partial charge in [0.05, 0.1) is 12.7 Å². The zero-order chi connectivity index (χ0) is 16.0. The predicted octanol–water partition coefficient (Wildman–Crippen LogP) is 3.00. The molecule has 1 aromatic rings. The molecule has 0 heterocycles. The fourth-order valence-electron chi connectivity index (χ4n) is 2.34. The second-order valence-corrected chi connectivity index (χ2v) is 5.70. The van der Waals surface area contributed by atoms with Crippen LogP contribution in [0.5, 0.6) is 5.75 Å². The lowest BCUT2D eigenvalue weighted by Gasteiger charge is -2.30. The Bertz CT molecular complexity index is 487.